The van der Waals surface area contributed by atoms with Crippen molar-refractivity contribution < 1.29 is 9.52 Å². The number of aliphatic hydroxyl groups is 1. The number of alkyl halides is 1. The predicted molar refractivity (Wildman–Crippen MR) is 53.7 cm³/mol. The highest BCUT2D eigenvalue weighted by atomic mass is 35.5. The molecule has 1 unspecified atom stereocenters. The van der Waals surface area contributed by atoms with E-state index in [0.29, 0.717) is 24.2 Å². The van der Waals surface area contributed by atoms with Gasteiger partial charge in [-0.1, -0.05) is 5.10 Å². The summed E-state index contributed by atoms with van der Waals surface area (Å²) in [6.45, 7) is 1.91. The third kappa shape index (κ3) is 2.59. The van der Waals surface area contributed by atoms with Crippen LogP contribution in [0.2, 0.25) is 0 Å². The first-order chi connectivity index (χ1) is 6.69. The fourth-order valence-electron chi connectivity index (χ4n) is 0.880. The van der Waals surface area contributed by atoms with E-state index in [4.69, 9.17) is 21.1 Å². The van der Waals surface area contributed by atoms with Crippen LogP contribution in [0.5, 0.6) is 0 Å². The van der Waals surface area contributed by atoms with Gasteiger partial charge in [-0.25, -0.2) is 0 Å². The zero-order valence-electron chi connectivity index (χ0n) is 8.27. The minimum Gasteiger partial charge on any atom is -0.408 e. The van der Waals surface area contributed by atoms with Gasteiger partial charge in [-0.05, 0) is 6.92 Å². The summed E-state index contributed by atoms with van der Waals surface area (Å²) in [6.07, 6.45) is 0.565. The molecule has 0 aliphatic rings. The van der Waals surface area contributed by atoms with Crippen molar-refractivity contribution in [3.05, 3.63) is 5.89 Å². The molecule has 1 rings (SSSR count). The molecular formula is C8H14ClN3O2. The van der Waals surface area contributed by atoms with Crippen LogP contribution in [-0.2, 0) is 6.42 Å². The van der Waals surface area contributed by atoms with Crippen LogP contribution in [0.25, 0.3) is 0 Å². The van der Waals surface area contributed by atoms with Crippen molar-refractivity contribution in [2.24, 2.45) is 0 Å². The van der Waals surface area contributed by atoms with Crippen molar-refractivity contribution in [1.29, 1.82) is 0 Å². The summed E-state index contributed by atoms with van der Waals surface area (Å²) in [5.41, 5.74) is 0. The van der Waals surface area contributed by atoms with E-state index in [-0.39, 0.29) is 12.6 Å². The standard InChI is InChI=1S/C8H14ClN3O2/c1-6(5-13)12(2)8-11-10-7(14-8)3-4-9/h6,13H,3-5H2,1-2H3. The number of aryl methyl sites for hydroxylation is 1. The number of halogens is 1. The number of rotatable bonds is 5. The molecule has 1 N–H and O–H groups in total. The molecule has 0 amide bonds. The summed E-state index contributed by atoms with van der Waals surface area (Å²) in [5, 5.41) is 16.6. The summed E-state index contributed by atoms with van der Waals surface area (Å²) in [7, 11) is 1.79. The largest absolute Gasteiger partial charge is 0.408 e. The first kappa shape index (κ1) is 11.3. The van der Waals surface area contributed by atoms with Gasteiger partial charge in [0.05, 0.1) is 12.6 Å². The molecule has 0 fully saturated rings. The van der Waals surface area contributed by atoms with Gasteiger partial charge in [0.15, 0.2) is 0 Å². The number of aromatic nitrogens is 2. The topological polar surface area (TPSA) is 62.4 Å². The van der Waals surface area contributed by atoms with Crippen LogP contribution < -0.4 is 4.90 Å². The Morgan fingerprint density at radius 1 is 1.57 bits per heavy atom. The predicted octanol–water partition coefficient (Wildman–Crippen LogP) is 0.668. The van der Waals surface area contributed by atoms with E-state index in [2.05, 4.69) is 10.2 Å². The number of anilines is 1. The molecule has 0 saturated carbocycles. The molecule has 0 aliphatic carbocycles. The summed E-state index contributed by atoms with van der Waals surface area (Å²) in [4.78, 5) is 1.73. The number of hydrogen-bond acceptors (Lipinski definition) is 5. The van der Waals surface area contributed by atoms with Gasteiger partial charge in [0.25, 0.3) is 0 Å². The number of likely N-dealkylation sites (N-methyl/N-ethyl adjacent to an activating group) is 1. The summed E-state index contributed by atoms with van der Waals surface area (Å²) < 4.78 is 5.32. The van der Waals surface area contributed by atoms with E-state index in [9.17, 15) is 0 Å². The third-order valence-corrected chi connectivity index (χ3v) is 2.18. The molecule has 0 bridgehead atoms. The van der Waals surface area contributed by atoms with Crippen LogP contribution in [0.1, 0.15) is 12.8 Å². The maximum absolute atomic E-state index is 8.92. The van der Waals surface area contributed by atoms with Gasteiger partial charge in [-0.15, -0.1) is 16.7 Å². The lowest BCUT2D eigenvalue weighted by Gasteiger charge is -2.19. The van der Waals surface area contributed by atoms with E-state index in [0.717, 1.165) is 0 Å². The monoisotopic (exact) mass is 219 g/mol. The number of aliphatic hydroxyl groups excluding tert-OH is 1. The zero-order chi connectivity index (χ0) is 10.6. The van der Waals surface area contributed by atoms with Gasteiger partial charge >= 0.3 is 6.01 Å². The molecule has 1 aromatic rings. The SMILES string of the molecule is CC(CO)N(C)c1nnc(CCCl)o1. The second-order valence-electron chi connectivity index (χ2n) is 3.06. The summed E-state index contributed by atoms with van der Waals surface area (Å²) in [6, 6.07) is 0.367. The Balaban J connectivity index is 2.65. The van der Waals surface area contributed by atoms with Gasteiger partial charge < -0.3 is 14.4 Å². The highest BCUT2D eigenvalue weighted by molar-refractivity contribution is 6.17. The maximum atomic E-state index is 8.92. The Hall–Kier alpha value is -0.810. The molecule has 6 heteroatoms. The molecule has 0 aromatic carbocycles. The normalized spacial score (nSPS) is 12.9. The zero-order valence-corrected chi connectivity index (χ0v) is 9.03. The van der Waals surface area contributed by atoms with Gasteiger partial charge in [-0.2, -0.15) is 0 Å². The molecule has 14 heavy (non-hydrogen) atoms. The molecule has 1 heterocycles. The lowest BCUT2D eigenvalue weighted by atomic mass is 10.3. The van der Waals surface area contributed by atoms with Gasteiger partial charge in [-0.3, -0.25) is 0 Å². The van der Waals surface area contributed by atoms with E-state index in [1.165, 1.54) is 0 Å². The molecule has 0 radical (unpaired) electrons. The van der Waals surface area contributed by atoms with Crippen molar-refractivity contribution in [3.8, 4) is 0 Å². The van der Waals surface area contributed by atoms with Crippen molar-refractivity contribution in [2.75, 3.05) is 24.4 Å². The van der Waals surface area contributed by atoms with E-state index < -0.39 is 0 Å². The van der Waals surface area contributed by atoms with Crippen LogP contribution in [0.15, 0.2) is 4.42 Å². The highest BCUT2D eigenvalue weighted by Crippen LogP contribution is 2.13. The molecule has 80 valence electrons. The Bertz CT molecular complexity index is 279. The Kier molecular flexibility index (Phi) is 4.16. The quantitative estimate of drug-likeness (QED) is 0.738. The lowest BCUT2D eigenvalue weighted by molar-refractivity contribution is 0.266. The first-order valence-electron chi connectivity index (χ1n) is 4.41. The van der Waals surface area contributed by atoms with Crippen molar-refractivity contribution in [1.82, 2.24) is 10.2 Å². The Labute approximate surface area is 87.7 Å². The molecule has 0 saturated heterocycles. The second kappa shape index (κ2) is 5.17. The van der Waals surface area contributed by atoms with Crippen LogP contribution in [-0.4, -0.2) is 40.9 Å². The van der Waals surface area contributed by atoms with E-state index in [1.54, 1.807) is 11.9 Å². The van der Waals surface area contributed by atoms with Crippen LogP contribution >= 0.6 is 11.6 Å². The number of hydrogen-bond donors (Lipinski definition) is 1. The van der Waals surface area contributed by atoms with Crippen molar-refractivity contribution in [2.45, 2.75) is 19.4 Å². The van der Waals surface area contributed by atoms with E-state index in [1.807, 2.05) is 6.92 Å². The average Bonchev–Trinajstić information content (AvgIpc) is 2.64. The molecule has 1 atom stereocenters. The van der Waals surface area contributed by atoms with Gasteiger partial charge in [0.1, 0.15) is 0 Å². The minimum atomic E-state index is -0.0423. The smallest absolute Gasteiger partial charge is 0.318 e. The summed E-state index contributed by atoms with van der Waals surface area (Å²) in [5.74, 6) is 0.980. The molecule has 0 aliphatic heterocycles. The van der Waals surface area contributed by atoms with Crippen LogP contribution in [0.3, 0.4) is 0 Å². The van der Waals surface area contributed by atoms with Crippen molar-refractivity contribution in [3.63, 3.8) is 0 Å². The third-order valence-electron chi connectivity index (χ3n) is 1.99. The van der Waals surface area contributed by atoms with Gasteiger partial charge in [0.2, 0.25) is 5.89 Å². The highest BCUT2D eigenvalue weighted by Gasteiger charge is 2.15. The minimum absolute atomic E-state index is 0.0423. The van der Waals surface area contributed by atoms with Crippen LogP contribution in [0, 0.1) is 0 Å². The van der Waals surface area contributed by atoms with Crippen molar-refractivity contribution >= 4 is 17.6 Å². The first-order valence-corrected chi connectivity index (χ1v) is 4.94. The Morgan fingerprint density at radius 3 is 2.86 bits per heavy atom. The molecule has 1 aromatic heterocycles. The van der Waals surface area contributed by atoms with E-state index >= 15 is 0 Å². The van der Waals surface area contributed by atoms with Gasteiger partial charge in [0, 0.05) is 19.3 Å². The maximum Gasteiger partial charge on any atom is 0.318 e. The fraction of sp³-hybridized carbons (Fsp3) is 0.750. The molecule has 5 nitrogen and oxygen atoms in total. The summed E-state index contributed by atoms with van der Waals surface area (Å²) >= 11 is 5.53. The molecular weight excluding hydrogens is 206 g/mol. The number of nitrogens with zero attached hydrogens (tertiary/aromatic N) is 3. The van der Waals surface area contributed by atoms with Crippen LogP contribution in [0.4, 0.5) is 6.01 Å². The average molecular weight is 220 g/mol. The second-order valence-corrected chi connectivity index (χ2v) is 3.44. The fourth-order valence-corrected chi connectivity index (χ4v) is 1.04. The lowest BCUT2D eigenvalue weighted by Crippen LogP contribution is -2.31. The Morgan fingerprint density at radius 2 is 2.29 bits per heavy atom. The molecule has 0 spiro atoms.